The number of hydrogen-bond acceptors (Lipinski definition) is 4. The van der Waals surface area contributed by atoms with E-state index in [0.29, 0.717) is 31.1 Å². The van der Waals surface area contributed by atoms with Gasteiger partial charge in [0.2, 0.25) is 0 Å². The zero-order valence-electron chi connectivity index (χ0n) is 11.4. The average molecular weight is 294 g/mol. The Morgan fingerprint density at radius 3 is 2.75 bits per heavy atom. The predicted molar refractivity (Wildman–Crippen MR) is 77.3 cm³/mol. The minimum Gasteiger partial charge on any atom is -0.368 e. The molecule has 1 fully saturated rings. The van der Waals surface area contributed by atoms with E-state index in [-0.39, 0.29) is 5.03 Å². The molecule has 0 saturated carbocycles. The summed E-state index contributed by atoms with van der Waals surface area (Å²) in [6, 6.07) is 5.47. The Morgan fingerprint density at radius 1 is 1.30 bits per heavy atom. The topological polar surface area (TPSA) is 66.7 Å². The largest absolute Gasteiger partial charge is 0.368 e. The van der Waals surface area contributed by atoms with Crippen LogP contribution < -0.4 is 5.32 Å². The summed E-state index contributed by atoms with van der Waals surface area (Å²) in [5, 5.41) is 3.30. The van der Waals surface area contributed by atoms with Gasteiger partial charge in [-0.3, -0.25) is 4.40 Å². The van der Waals surface area contributed by atoms with Crippen molar-refractivity contribution in [3.8, 4) is 0 Å². The molecule has 0 spiro atoms. The van der Waals surface area contributed by atoms with E-state index in [1.165, 1.54) is 0 Å². The van der Waals surface area contributed by atoms with Crippen molar-refractivity contribution < 1.29 is 8.42 Å². The normalized spacial score (nSPS) is 16.9. The molecular formula is C13H18N4O2S. The number of anilines is 1. The molecule has 0 aromatic carbocycles. The Morgan fingerprint density at radius 2 is 2.05 bits per heavy atom. The Hall–Kier alpha value is -1.60. The van der Waals surface area contributed by atoms with Crippen LogP contribution in [0.1, 0.15) is 19.8 Å². The highest BCUT2D eigenvalue weighted by Gasteiger charge is 2.33. The molecule has 7 heteroatoms. The quantitative estimate of drug-likeness (QED) is 0.929. The summed E-state index contributed by atoms with van der Waals surface area (Å²) in [5.74, 6) is 0.436. The zero-order chi connectivity index (χ0) is 14.2. The molecule has 6 nitrogen and oxygen atoms in total. The zero-order valence-corrected chi connectivity index (χ0v) is 12.2. The van der Waals surface area contributed by atoms with Crippen LogP contribution >= 0.6 is 0 Å². The minimum absolute atomic E-state index is 0.247. The highest BCUT2D eigenvalue weighted by atomic mass is 32.2. The van der Waals surface area contributed by atoms with Gasteiger partial charge in [0.1, 0.15) is 5.65 Å². The van der Waals surface area contributed by atoms with Gasteiger partial charge in [-0.2, -0.15) is 4.31 Å². The molecule has 108 valence electrons. The number of nitrogens with zero attached hydrogens (tertiary/aromatic N) is 3. The second kappa shape index (κ2) is 5.06. The lowest BCUT2D eigenvalue weighted by atomic mass is 10.4. The number of pyridine rings is 1. The molecule has 1 saturated heterocycles. The van der Waals surface area contributed by atoms with Gasteiger partial charge in [0.05, 0.1) is 0 Å². The van der Waals surface area contributed by atoms with Crippen molar-refractivity contribution in [2.45, 2.75) is 24.8 Å². The number of nitrogens with one attached hydrogen (secondary N) is 1. The summed E-state index contributed by atoms with van der Waals surface area (Å²) in [6.45, 7) is 3.74. The number of imidazole rings is 1. The van der Waals surface area contributed by atoms with Crippen LogP contribution in [0.3, 0.4) is 0 Å². The van der Waals surface area contributed by atoms with E-state index in [4.69, 9.17) is 0 Å². The maximum Gasteiger partial charge on any atom is 0.262 e. The van der Waals surface area contributed by atoms with Gasteiger partial charge >= 0.3 is 0 Å². The summed E-state index contributed by atoms with van der Waals surface area (Å²) in [6.07, 6.45) is 3.59. The molecule has 0 aliphatic carbocycles. The van der Waals surface area contributed by atoms with E-state index < -0.39 is 10.0 Å². The van der Waals surface area contributed by atoms with Crippen molar-refractivity contribution >= 4 is 21.5 Å². The van der Waals surface area contributed by atoms with Crippen molar-refractivity contribution in [3.63, 3.8) is 0 Å². The maximum absolute atomic E-state index is 12.8. The number of rotatable bonds is 4. The van der Waals surface area contributed by atoms with Crippen molar-refractivity contribution in [1.29, 1.82) is 0 Å². The van der Waals surface area contributed by atoms with Gasteiger partial charge in [0, 0.05) is 25.8 Å². The molecule has 1 aliphatic heterocycles. The lowest BCUT2D eigenvalue weighted by molar-refractivity contribution is 0.474. The molecule has 0 atom stereocenters. The van der Waals surface area contributed by atoms with Gasteiger partial charge in [-0.05, 0) is 31.9 Å². The Labute approximate surface area is 118 Å². The molecular weight excluding hydrogens is 276 g/mol. The summed E-state index contributed by atoms with van der Waals surface area (Å²) in [5.41, 5.74) is 0.640. The minimum atomic E-state index is -3.50. The molecule has 0 amide bonds. The standard InChI is InChI=1S/C13H18N4O2S/c1-2-14-12-13(17-10-4-3-7-11(17)15-12)20(18,19)16-8-5-6-9-16/h3-4,7,10,14H,2,5-6,8-9H2,1H3. The molecule has 0 unspecified atom stereocenters. The van der Waals surface area contributed by atoms with Crippen LogP contribution in [-0.4, -0.2) is 41.7 Å². The summed E-state index contributed by atoms with van der Waals surface area (Å²) in [7, 11) is -3.50. The highest BCUT2D eigenvalue weighted by Crippen LogP contribution is 2.28. The molecule has 3 heterocycles. The van der Waals surface area contributed by atoms with Gasteiger partial charge in [0.15, 0.2) is 10.8 Å². The van der Waals surface area contributed by atoms with Gasteiger partial charge in [0.25, 0.3) is 10.0 Å². The van der Waals surface area contributed by atoms with E-state index >= 15 is 0 Å². The number of aromatic nitrogens is 2. The number of hydrogen-bond donors (Lipinski definition) is 1. The van der Waals surface area contributed by atoms with Gasteiger partial charge < -0.3 is 5.32 Å². The monoisotopic (exact) mass is 294 g/mol. The molecule has 0 radical (unpaired) electrons. The third-order valence-electron chi connectivity index (χ3n) is 3.48. The average Bonchev–Trinajstić information content (AvgIpc) is 3.06. The van der Waals surface area contributed by atoms with Crippen LogP contribution in [0, 0.1) is 0 Å². The van der Waals surface area contributed by atoms with Crippen molar-refractivity contribution in [2.75, 3.05) is 25.0 Å². The molecule has 1 aliphatic rings. The van der Waals surface area contributed by atoms with E-state index in [1.54, 1.807) is 14.9 Å². The second-order valence-corrected chi connectivity index (χ2v) is 6.69. The molecule has 1 N–H and O–H groups in total. The van der Waals surface area contributed by atoms with E-state index in [9.17, 15) is 8.42 Å². The first kappa shape index (κ1) is 13.4. The first-order valence-electron chi connectivity index (χ1n) is 6.85. The van der Waals surface area contributed by atoms with Crippen LogP contribution in [0.25, 0.3) is 5.65 Å². The SMILES string of the molecule is CCNc1nc2ccccn2c1S(=O)(=O)N1CCCC1. The predicted octanol–water partition coefficient (Wildman–Crippen LogP) is 1.55. The molecule has 3 rings (SSSR count). The van der Waals surface area contributed by atoms with E-state index in [0.717, 1.165) is 12.8 Å². The first-order chi connectivity index (χ1) is 9.64. The fourth-order valence-corrected chi connectivity index (χ4v) is 4.30. The number of fused-ring (bicyclic) bond motifs is 1. The van der Waals surface area contributed by atoms with Gasteiger partial charge in [-0.15, -0.1) is 0 Å². The Kier molecular flexibility index (Phi) is 3.39. The van der Waals surface area contributed by atoms with Crippen LogP contribution in [-0.2, 0) is 10.0 Å². The second-order valence-electron chi connectivity index (χ2n) is 4.84. The van der Waals surface area contributed by atoms with Gasteiger partial charge in [-0.1, -0.05) is 6.07 Å². The Balaban J connectivity index is 2.20. The van der Waals surface area contributed by atoms with E-state index in [1.807, 2.05) is 25.1 Å². The number of sulfonamides is 1. The van der Waals surface area contributed by atoms with Crippen molar-refractivity contribution in [3.05, 3.63) is 24.4 Å². The third kappa shape index (κ3) is 2.06. The van der Waals surface area contributed by atoms with Gasteiger partial charge in [-0.25, -0.2) is 13.4 Å². The Bertz CT molecular complexity index is 717. The maximum atomic E-state index is 12.8. The molecule has 20 heavy (non-hydrogen) atoms. The lowest BCUT2D eigenvalue weighted by Gasteiger charge is -2.16. The van der Waals surface area contributed by atoms with Crippen LogP contribution in [0.15, 0.2) is 29.4 Å². The molecule has 2 aromatic rings. The van der Waals surface area contributed by atoms with Crippen LogP contribution in [0.5, 0.6) is 0 Å². The lowest BCUT2D eigenvalue weighted by Crippen LogP contribution is -2.29. The van der Waals surface area contributed by atoms with Crippen molar-refractivity contribution in [1.82, 2.24) is 13.7 Å². The molecule has 0 bridgehead atoms. The molecule has 2 aromatic heterocycles. The fourth-order valence-electron chi connectivity index (χ4n) is 2.55. The first-order valence-corrected chi connectivity index (χ1v) is 8.29. The summed E-state index contributed by atoms with van der Waals surface area (Å²) < 4.78 is 28.9. The third-order valence-corrected chi connectivity index (χ3v) is 5.40. The van der Waals surface area contributed by atoms with Crippen LogP contribution in [0.4, 0.5) is 5.82 Å². The fraction of sp³-hybridized carbons (Fsp3) is 0.462. The summed E-state index contributed by atoms with van der Waals surface area (Å²) in [4.78, 5) is 4.39. The smallest absolute Gasteiger partial charge is 0.262 e. The highest BCUT2D eigenvalue weighted by molar-refractivity contribution is 7.89. The summed E-state index contributed by atoms with van der Waals surface area (Å²) >= 11 is 0. The van der Waals surface area contributed by atoms with Crippen LogP contribution in [0.2, 0.25) is 0 Å². The van der Waals surface area contributed by atoms with E-state index in [2.05, 4.69) is 10.3 Å². The van der Waals surface area contributed by atoms with Crippen molar-refractivity contribution in [2.24, 2.45) is 0 Å².